The van der Waals surface area contributed by atoms with E-state index >= 15 is 0 Å². The highest BCUT2D eigenvalue weighted by molar-refractivity contribution is 5.92. The van der Waals surface area contributed by atoms with Crippen molar-refractivity contribution in [1.29, 1.82) is 0 Å². The number of rotatable bonds is 6. The monoisotopic (exact) mass is 282 g/mol. The Morgan fingerprint density at radius 2 is 1.15 bits per heavy atom. The minimum atomic E-state index is -0.339. The zero-order valence-corrected chi connectivity index (χ0v) is 12.4. The number of carbonyl (C=O) groups excluding carboxylic acids is 3. The van der Waals surface area contributed by atoms with Crippen LogP contribution in [0.4, 0.5) is 4.79 Å². The Bertz CT molecular complexity index is 393. The van der Waals surface area contributed by atoms with Crippen molar-refractivity contribution >= 4 is 17.8 Å². The van der Waals surface area contributed by atoms with Crippen molar-refractivity contribution in [1.82, 2.24) is 20.4 Å². The van der Waals surface area contributed by atoms with Crippen molar-refractivity contribution in [3.8, 4) is 0 Å². The second-order valence-corrected chi connectivity index (χ2v) is 4.57. The highest BCUT2D eigenvalue weighted by atomic mass is 16.2. The topological polar surface area (TPSA) is 81.8 Å². The van der Waals surface area contributed by atoms with Crippen LogP contribution in [0.2, 0.25) is 0 Å². The van der Waals surface area contributed by atoms with Gasteiger partial charge in [0.25, 0.3) is 0 Å². The first-order chi connectivity index (χ1) is 9.16. The predicted octanol–water partition coefficient (Wildman–Crippen LogP) is 0.270. The maximum Gasteiger partial charge on any atom is 0.322 e. The van der Waals surface area contributed by atoms with Crippen molar-refractivity contribution in [2.24, 2.45) is 0 Å². The lowest BCUT2D eigenvalue weighted by molar-refractivity contribution is -0.118. The number of hydrogen-bond donors (Lipinski definition) is 2. The fourth-order valence-electron chi connectivity index (χ4n) is 1.11. The van der Waals surface area contributed by atoms with E-state index in [-0.39, 0.29) is 31.2 Å². The summed E-state index contributed by atoms with van der Waals surface area (Å²) in [6.07, 6.45) is 0. The number of urea groups is 1. The summed E-state index contributed by atoms with van der Waals surface area (Å²) in [4.78, 5) is 37.1. The second-order valence-electron chi connectivity index (χ2n) is 4.57. The van der Waals surface area contributed by atoms with Crippen molar-refractivity contribution in [3.05, 3.63) is 24.3 Å². The number of nitrogens with one attached hydrogen (secondary N) is 2. The van der Waals surface area contributed by atoms with Gasteiger partial charge < -0.3 is 20.4 Å². The smallest absolute Gasteiger partial charge is 0.322 e. The molecule has 0 spiro atoms. The Balaban J connectivity index is 4.22. The number of nitrogens with zero attached hydrogens (tertiary/aromatic N) is 2. The van der Waals surface area contributed by atoms with Crippen LogP contribution < -0.4 is 10.6 Å². The number of hydrogen-bond acceptors (Lipinski definition) is 3. The van der Waals surface area contributed by atoms with Gasteiger partial charge in [-0.25, -0.2) is 4.79 Å². The minimum absolute atomic E-state index is 0.0588. The van der Waals surface area contributed by atoms with Gasteiger partial charge >= 0.3 is 6.03 Å². The Kier molecular flexibility index (Phi) is 7.06. The summed E-state index contributed by atoms with van der Waals surface area (Å²) in [5, 5.41) is 5.08. The summed E-state index contributed by atoms with van der Waals surface area (Å²) in [5.74, 6) is -0.634. The number of amides is 4. The molecule has 0 atom stereocenters. The van der Waals surface area contributed by atoms with Gasteiger partial charge in [0.2, 0.25) is 11.8 Å². The summed E-state index contributed by atoms with van der Waals surface area (Å²) < 4.78 is 0. The fourth-order valence-corrected chi connectivity index (χ4v) is 1.11. The van der Waals surface area contributed by atoms with Crippen molar-refractivity contribution < 1.29 is 14.4 Å². The molecule has 0 fully saturated rings. The van der Waals surface area contributed by atoms with E-state index in [0.29, 0.717) is 11.1 Å². The quantitative estimate of drug-likeness (QED) is 0.542. The molecule has 112 valence electrons. The first-order valence-electron chi connectivity index (χ1n) is 6.00. The summed E-state index contributed by atoms with van der Waals surface area (Å²) in [5.41, 5.74) is 0.737. The lowest BCUT2D eigenvalue weighted by Crippen LogP contribution is -2.48. The standard InChI is InChI=1S/C13H22N4O3/c1-9(2)11(18)14-7-16(5)13(20)17(6)8-15-12(19)10(3)4/h1,3,7-8H2,2,4-6H3,(H,14,18)(H,15,19). The van der Waals surface area contributed by atoms with Crippen molar-refractivity contribution in [2.75, 3.05) is 27.4 Å². The maximum absolute atomic E-state index is 11.9. The SMILES string of the molecule is C=C(C)C(=O)NCN(C)C(=O)N(C)CNC(=O)C(=C)C. The van der Waals surface area contributed by atoms with E-state index in [2.05, 4.69) is 23.8 Å². The second kappa shape index (κ2) is 7.98. The molecule has 0 radical (unpaired) electrons. The molecular weight excluding hydrogens is 260 g/mol. The Morgan fingerprint density at radius 3 is 1.40 bits per heavy atom. The number of carbonyl (C=O) groups is 3. The molecule has 7 nitrogen and oxygen atoms in total. The van der Waals surface area contributed by atoms with Crippen LogP contribution in [0.1, 0.15) is 13.8 Å². The predicted molar refractivity (Wildman–Crippen MR) is 76.6 cm³/mol. The highest BCUT2D eigenvalue weighted by Crippen LogP contribution is 1.93. The zero-order chi connectivity index (χ0) is 15.9. The lowest BCUT2D eigenvalue weighted by atomic mass is 10.3. The van der Waals surface area contributed by atoms with Gasteiger partial charge in [-0.05, 0) is 13.8 Å². The highest BCUT2D eigenvalue weighted by Gasteiger charge is 2.15. The lowest BCUT2D eigenvalue weighted by Gasteiger charge is -2.25. The van der Waals surface area contributed by atoms with Crippen molar-refractivity contribution in [2.45, 2.75) is 13.8 Å². The molecule has 0 aromatic carbocycles. The molecule has 0 aliphatic heterocycles. The third-order valence-electron chi connectivity index (χ3n) is 2.38. The van der Waals surface area contributed by atoms with E-state index in [0.717, 1.165) is 0 Å². The van der Waals surface area contributed by atoms with Gasteiger partial charge in [-0.2, -0.15) is 0 Å². The third-order valence-corrected chi connectivity index (χ3v) is 2.38. The van der Waals surface area contributed by atoms with Crippen LogP contribution in [0, 0.1) is 0 Å². The normalized spacial score (nSPS) is 9.40. The molecule has 2 N–H and O–H groups in total. The van der Waals surface area contributed by atoms with Gasteiger partial charge in [0.05, 0.1) is 13.3 Å². The van der Waals surface area contributed by atoms with Gasteiger partial charge in [0, 0.05) is 25.2 Å². The first-order valence-corrected chi connectivity index (χ1v) is 6.00. The Morgan fingerprint density at radius 1 is 0.850 bits per heavy atom. The molecule has 0 aliphatic rings. The molecular formula is C13H22N4O3. The molecule has 0 heterocycles. The summed E-state index contributed by atoms with van der Waals surface area (Å²) in [6.45, 7) is 10.3. The minimum Gasteiger partial charge on any atom is -0.335 e. The summed E-state index contributed by atoms with van der Waals surface area (Å²) >= 11 is 0. The Hall–Kier alpha value is -2.31. The van der Waals surface area contributed by atoms with Gasteiger partial charge in [-0.15, -0.1) is 0 Å². The van der Waals surface area contributed by atoms with Crippen LogP contribution in [0.5, 0.6) is 0 Å². The van der Waals surface area contributed by atoms with E-state index in [4.69, 9.17) is 0 Å². The van der Waals surface area contributed by atoms with E-state index in [1.165, 1.54) is 23.9 Å². The van der Waals surface area contributed by atoms with Crippen LogP contribution in [-0.2, 0) is 9.59 Å². The van der Waals surface area contributed by atoms with Gasteiger partial charge in [0.1, 0.15) is 0 Å². The summed E-state index contributed by atoms with van der Waals surface area (Å²) in [6, 6.07) is -0.339. The molecule has 0 aliphatic carbocycles. The largest absolute Gasteiger partial charge is 0.335 e. The van der Waals surface area contributed by atoms with Gasteiger partial charge in [-0.3, -0.25) is 9.59 Å². The van der Waals surface area contributed by atoms with Crippen LogP contribution >= 0.6 is 0 Å². The third kappa shape index (κ3) is 6.03. The molecule has 20 heavy (non-hydrogen) atoms. The van der Waals surface area contributed by atoms with Crippen molar-refractivity contribution in [3.63, 3.8) is 0 Å². The van der Waals surface area contributed by atoms with Gasteiger partial charge in [-0.1, -0.05) is 13.2 Å². The first kappa shape index (κ1) is 17.7. The van der Waals surface area contributed by atoms with Crippen LogP contribution in [0.15, 0.2) is 24.3 Å². The average Bonchev–Trinajstić information content (AvgIpc) is 2.39. The zero-order valence-electron chi connectivity index (χ0n) is 12.4. The molecule has 0 unspecified atom stereocenters. The van der Waals surface area contributed by atoms with E-state index in [9.17, 15) is 14.4 Å². The maximum atomic E-state index is 11.9. The van der Waals surface area contributed by atoms with Gasteiger partial charge in [0.15, 0.2) is 0 Å². The van der Waals surface area contributed by atoms with E-state index in [1.54, 1.807) is 13.8 Å². The molecule has 0 aromatic heterocycles. The molecule has 0 rings (SSSR count). The molecule has 0 bridgehead atoms. The van der Waals surface area contributed by atoms with Crippen LogP contribution in [-0.4, -0.2) is 55.1 Å². The molecule has 4 amide bonds. The van der Waals surface area contributed by atoms with Crippen LogP contribution in [0.25, 0.3) is 0 Å². The van der Waals surface area contributed by atoms with E-state index < -0.39 is 0 Å². The average molecular weight is 282 g/mol. The Labute approximate surface area is 119 Å². The molecule has 7 heteroatoms. The van der Waals surface area contributed by atoms with E-state index in [1.807, 2.05) is 0 Å². The molecule has 0 saturated heterocycles. The fraction of sp³-hybridized carbons (Fsp3) is 0.462. The van der Waals surface area contributed by atoms with Crippen LogP contribution in [0.3, 0.4) is 0 Å². The molecule has 0 aromatic rings. The summed E-state index contributed by atoms with van der Waals surface area (Å²) in [7, 11) is 3.08. The molecule has 0 saturated carbocycles.